The fourth-order valence-corrected chi connectivity index (χ4v) is 2.19. The molecule has 4 heteroatoms. The molecule has 1 aliphatic heterocycles. The lowest BCUT2D eigenvalue weighted by Crippen LogP contribution is -2.00. The second-order valence-corrected chi connectivity index (χ2v) is 4.55. The van der Waals surface area contributed by atoms with E-state index in [0.717, 1.165) is 36.3 Å². The molecule has 0 aromatic heterocycles. The number of nitrogens with two attached hydrogens (primary N) is 1. The van der Waals surface area contributed by atoms with Gasteiger partial charge in [-0.25, -0.2) is 0 Å². The minimum atomic E-state index is 0.618. The van der Waals surface area contributed by atoms with Crippen molar-refractivity contribution in [2.45, 2.75) is 19.3 Å². The number of methoxy groups -OCH3 is 1. The van der Waals surface area contributed by atoms with Gasteiger partial charge in [-0.1, -0.05) is 0 Å². The highest BCUT2D eigenvalue weighted by molar-refractivity contribution is 5.77. The van der Waals surface area contributed by atoms with Gasteiger partial charge in [0.25, 0.3) is 0 Å². The Bertz CT molecular complexity index is 502. The molecule has 1 saturated carbocycles. The van der Waals surface area contributed by atoms with Crippen molar-refractivity contribution in [1.82, 2.24) is 0 Å². The van der Waals surface area contributed by atoms with Crippen LogP contribution in [0.2, 0.25) is 0 Å². The first-order valence-corrected chi connectivity index (χ1v) is 6.25. The third-order valence-electron chi connectivity index (χ3n) is 3.19. The Kier molecular flexibility index (Phi) is 2.78. The molecule has 1 aliphatic carbocycles. The average molecular weight is 247 g/mol. The molecule has 1 aromatic rings. The summed E-state index contributed by atoms with van der Waals surface area (Å²) < 4.78 is 17.0. The first-order valence-electron chi connectivity index (χ1n) is 6.25. The third kappa shape index (κ3) is 1.88. The van der Waals surface area contributed by atoms with Gasteiger partial charge in [0.1, 0.15) is 5.76 Å². The Morgan fingerprint density at radius 2 is 1.89 bits per heavy atom. The van der Waals surface area contributed by atoms with Crippen LogP contribution in [0.5, 0.6) is 11.5 Å². The molecule has 2 N–H and O–H groups in total. The maximum atomic E-state index is 5.95. The summed E-state index contributed by atoms with van der Waals surface area (Å²) in [5.74, 6) is 2.29. The largest absolute Gasteiger partial charge is 0.496 e. The number of nitrogen functional groups attached to an aromatic ring is 1. The summed E-state index contributed by atoms with van der Waals surface area (Å²) in [6.45, 7) is 1.29. The van der Waals surface area contributed by atoms with Crippen LogP contribution < -0.4 is 15.2 Å². The molecule has 0 saturated heterocycles. The maximum absolute atomic E-state index is 5.95. The molecule has 18 heavy (non-hydrogen) atoms. The summed E-state index contributed by atoms with van der Waals surface area (Å²) in [5, 5.41) is 0. The van der Waals surface area contributed by atoms with Crippen LogP contribution in [0.15, 0.2) is 17.7 Å². The number of hydrogen-bond acceptors (Lipinski definition) is 4. The summed E-state index contributed by atoms with van der Waals surface area (Å²) in [6.07, 6.45) is 3.07. The van der Waals surface area contributed by atoms with Crippen molar-refractivity contribution in [3.63, 3.8) is 0 Å². The molecule has 1 aromatic carbocycles. The lowest BCUT2D eigenvalue weighted by Gasteiger charge is -2.15. The number of benzene rings is 1. The molecular formula is C14H17NO3. The molecule has 96 valence electrons. The van der Waals surface area contributed by atoms with E-state index in [0.29, 0.717) is 24.7 Å². The van der Waals surface area contributed by atoms with Crippen LogP contribution in [0, 0.1) is 0 Å². The summed E-state index contributed by atoms with van der Waals surface area (Å²) in [4.78, 5) is 0. The fourth-order valence-electron chi connectivity index (χ4n) is 2.19. The summed E-state index contributed by atoms with van der Waals surface area (Å²) in [7, 11) is 1.70. The zero-order chi connectivity index (χ0) is 12.5. The zero-order valence-electron chi connectivity index (χ0n) is 10.5. The Morgan fingerprint density at radius 3 is 2.56 bits per heavy atom. The number of ether oxygens (including phenoxy) is 3. The summed E-state index contributed by atoms with van der Waals surface area (Å²) >= 11 is 0. The quantitative estimate of drug-likeness (QED) is 0.644. The molecule has 0 unspecified atom stereocenters. The average Bonchev–Trinajstić information content (AvgIpc) is 3.18. The van der Waals surface area contributed by atoms with Gasteiger partial charge in [-0.3, -0.25) is 0 Å². The van der Waals surface area contributed by atoms with Gasteiger partial charge in [0.05, 0.1) is 31.6 Å². The highest BCUT2D eigenvalue weighted by Gasteiger charge is 2.26. The van der Waals surface area contributed by atoms with E-state index in [9.17, 15) is 0 Å². The number of allylic oxidation sites excluding steroid dienone is 1. The van der Waals surface area contributed by atoms with Gasteiger partial charge in [0, 0.05) is 6.42 Å². The van der Waals surface area contributed by atoms with Crippen LogP contribution in [-0.2, 0) is 4.74 Å². The van der Waals surface area contributed by atoms with E-state index < -0.39 is 0 Å². The van der Waals surface area contributed by atoms with E-state index >= 15 is 0 Å². The molecule has 2 aliphatic rings. The highest BCUT2D eigenvalue weighted by Crippen LogP contribution is 2.45. The van der Waals surface area contributed by atoms with Crippen LogP contribution in [0.25, 0.3) is 5.76 Å². The molecule has 3 rings (SSSR count). The van der Waals surface area contributed by atoms with E-state index in [2.05, 4.69) is 0 Å². The molecule has 0 atom stereocenters. The van der Waals surface area contributed by atoms with Crippen LogP contribution in [-0.4, -0.2) is 20.3 Å². The number of fused-ring (bicyclic) bond motifs is 1. The number of rotatable bonds is 2. The zero-order valence-corrected chi connectivity index (χ0v) is 10.5. The first-order chi connectivity index (χ1) is 8.81. The van der Waals surface area contributed by atoms with Crippen molar-refractivity contribution in [1.29, 1.82) is 0 Å². The van der Waals surface area contributed by atoms with E-state index in [1.807, 2.05) is 12.1 Å². The van der Waals surface area contributed by atoms with Crippen LogP contribution in [0.3, 0.4) is 0 Å². The second kappa shape index (κ2) is 4.44. The van der Waals surface area contributed by atoms with Crippen LogP contribution >= 0.6 is 0 Å². The predicted molar refractivity (Wildman–Crippen MR) is 69.6 cm³/mol. The Hall–Kier alpha value is -1.84. The highest BCUT2D eigenvalue weighted by atomic mass is 16.5. The van der Waals surface area contributed by atoms with Crippen LogP contribution in [0.1, 0.15) is 24.8 Å². The molecule has 0 bridgehead atoms. The van der Waals surface area contributed by atoms with Gasteiger partial charge < -0.3 is 19.9 Å². The van der Waals surface area contributed by atoms with Crippen molar-refractivity contribution in [3.05, 3.63) is 23.3 Å². The SMILES string of the molecule is COC(=C1CC1)c1ccc(N)c2c1OCCCO2. The van der Waals surface area contributed by atoms with Crippen molar-refractivity contribution < 1.29 is 14.2 Å². The standard InChI is InChI=1S/C14H17NO3/c1-16-12(9-3-4-9)10-5-6-11(15)14-13(10)17-7-2-8-18-14/h5-6H,2-4,7-8,15H2,1H3. The normalized spacial score (nSPS) is 17.1. The van der Waals surface area contributed by atoms with Crippen molar-refractivity contribution in [2.75, 3.05) is 26.1 Å². The smallest absolute Gasteiger partial charge is 0.184 e. The van der Waals surface area contributed by atoms with Gasteiger partial charge in [-0.2, -0.15) is 0 Å². The molecular weight excluding hydrogens is 230 g/mol. The minimum absolute atomic E-state index is 0.618. The molecule has 1 fully saturated rings. The summed E-state index contributed by atoms with van der Waals surface area (Å²) in [6, 6.07) is 3.80. The Morgan fingerprint density at radius 1 is 1.17 bits per heavy atom. The van der Waals surface area contributed by atoms with Gasteiger partial charge in [-0.05, 0) is 30.5 Å². The van der Waals surface area contributed by atoms with E-state index in [-0.39, 0.29) is 0 Å². The second-order valence-electron chi connectivity index (χ2n) is 4.55. The molecule has 0 radical (unpaired) electrons. The van der Waals surface area contributed by atoms with E-state index in [1.165, 1.54) is 5.57 Å². The maximum Gasteiger partial charge on any atom is 0.184 e. The first kappa shape index (κ1) is 11.3. The Labute approximate surface area is 106 Å². The summed E-state index contributed by atoms with van der Waals surface area (Å²) in [5.41, 5.74) is 8.85. The molecule has 4 nitrogen and oxygen atoms in total. The Balaban J connectivity index is 2.13. The monoisotopic (exact) mass is 247 g/mol. The van der Waals surface area contributed by atoms with Gasteiger partial charge in [-0.15, -0.1) is 0 Å². The van der Waals surface area contributed by atoms with Gasteiger partial charge in [0.2, 0.25) is 0 Å². The number of anilines is 1. The van der Waals surface area contributed by atoms with Gasteiger partial charge in [0.15, 0.2) is 11.5 Å². The number of hydrogen-bond donors (Lipinski definition) is 1. The topological polar surface area (TPSA) is 53.7 Å². The van der Waals surface area contributed by atoms with E-state index in [1.54, 1.807) is 7.11 Å². The lowest BCUT2D eigenvalue weighted by molar-refractivity contribution is 0.296. The van der Waals surface area contributed by atoms with Crippen molar-refractivity contribution in [3.8, 4) is 11.5 Å². The van der Waals surface area contributed by atoms with E-state index in [4.69, 9.17) is 19.9 Å². The van der Waals surface area contributed by atoms with Crippen molar-refractivity contribution >= 4 is 11.4 Å². The third-order valence-corrected chi connectivity index (χ3v) is 3.19. The minimum Gasteiger partial charge on any atom is -0.496 e. The van der Waals surface area contributed by atoms with Crippen molar-refractivity contribution in [2.24, 2.45) is 0 Å². The lowest BCUT2D eigenvalue weighted by atomic mass is 10.1. The fraction of sp³-hybridized carbons (Fsp3) is 0.429. The van der Waals surface area contributed by atoms with Crippen LogP contribution in [0.4, 0.5) is 5.69 Å². The molecule has 0 spiro atoms. The predicted octanol–water partition coefficient (Wildman–Crippen LogP) is 2.58. The molecule has 1 heterocycles. The van der Waals surface area contributed by atoms with Gasteiger partial charge >= 0.3 is 0 Å². The molecule has 0 amide bonds.